The molecule has 0 saturated heterocycles. The highest BCUT2D eigenvalue weighted by molar-refractivity contribution is 9.10. The molecule has 1 aromatic carbocycles. The molecule has 1 aromatic rings. The van der Waals surface area contributed by atoms with Gasteiger partial charge in [-0.3, -0.25) is 0 Å². The number of aliphatic hydroxyl groups is 2. The van der Waals surface area contributed by atoms with Crippen LogP contribution in [0.4, 0.5) is 0 Å². The standard InChI is InChI=1S/C12H15BrO6/c1-3-19-12(17)11(16)9(14)6-4-5-7(18-2)10(15)8(6)13/h4-5,9,11,14-16H,3H2,1-2H3. The Bertz CT molecular complexity index is 462. The molecule has 7 heteroatoms. The smallest absolute Gasteiger partial charge is 0.338 e. The van der Waals surface area contributed by atoms with Gasteiger partial charge in [0.25, 0.3) is 0 Å². The van der Waals surface area contributed by atoms with E-state index in [0.29, 0.717) is 0 Å². The van der Waals surface area contributed by atoms with Gasteiger partial charge in [0.05, 0.1) is 18.2 Å². The Morgan fingerprint density at radius 3 is 2.58 bits per heavy atom. The average Bonchev–Trinajstić information content (AvgIpc) is 2.40. The Morgan fingerprint density at radius 1 is 1.42 bits per heavy atom. The number of hydrogen-bond acceptors (Lipinski definition) is 6. The molecule has 3 N–H and O–H groups in total. The molecule has 0 radical (unpaired) electrons. The summed E-state index contributed by atoms with van der Waals surface area (Å²) < 4.78 is 9.64. The number of hydrogen-bond donors (Lipinski definition) is 3. The van der Waals surface area contributed by atoms with E-state index in [1.165, 1.54) is 19.2 Å². The van der Waals surface area contributed by atoms with E-state index in [4.69, 9.17) is 4.74 Å². The van der Waals surface area contributed by atoms with Crippen LogP contribution in [-0.2, 0) is 9.53 Å². The molecule has 0 aliphatic rings. The number of benzene rings is 1. The Labute approximate surface area is 118 Å². The van der Waals surface area contributed by atoms with Crippen molar-refractivity contribution in [2.45, 2.75) is 19.1 Å². The van der Waals surface area contributed by atoms with Crippen LogP contribution in [0.15, 0.2) is 16.6 Å². The minimum absolute atomic E-state index is 0.0949. The average molecular weight is 335 g/mol. The normalized spacial score (nSPS) is 13.7. The monoisotopic (exact) mass is 334 g/mol. The van der Waals surface area contributed by atoms with E-state index >= 15 is 0 Å². The summed E-state index contributed by atoms with van der Waals surface area (Å²) in [4.78, 5) is 11.3. The number of carbonyl (C=O) groups is 1. The molecular weight excluding hydrogens is 320 g/mol. The highest BCUT2D eigenvalue weighted by atomic mass is 79.9. The third-order valence-corrected chi connectivity index (χ3v) is 3.31. The van der Waals surface area contributed by atoms with Crippen molar-refractivity contribution in [2.24, 2.45) is 0 Å². The van der Waals surface area contributed by atoms with Crippen LogP contribution < -0.4 is 4.74 Å². The third kappa shape index (κ3) is 3.37. The number of halogens is 1. The van der Waals surface area contributed by atoms with Crippen molar-refractivity contribution in [1.29, 1.82) is 0 Å². The summed E-state index contributed by atoms with van der Waals surface area (Å²) in [6, 6.07) is 2.84. The number of carbonyl (C=O) groups excluding carboxylic acids is 1. The van der Waals surface area contributed by atoms with E-state index in [0.717, 1.165) is 0 Å². The molecule has 0 saturated carbocycles. The number of rotatable bonds is 5. The Balaban J connectivity index is 3.03. The molecule has 106 valence electrons. The summed E-state index contributed by atoms with van der Waals surface area (Å²) in [6.07, 6.45) is -3.26. The molecular formula is C12H15BrO6. The van der Waals surface area contributed by atoms with Crippen LogP contribution in [-0.4, -0.2) is 41.1 Å². The Morgan fingerprint density at radius 2 is 2.05 bits per heavy atom. The number of aliphatic hydroxyl groups excluding tert-OH is 2. The fourth-order valence-corrected chi connectivity index (χ4v) is 2.04. The first-order valence-corrected chi connectivity index (χ1v) is 6.31. The molecule has 0 bridgehead atoms. The first-order chi connectivity index (χ1) is 8.93. The summed E-state index contributed by atoms with van der Waals surface area (Å²) in [6.45, 7) is 1.68. The minimum Gasteiger partial charge on any atom is -0.503 e. The lowest BCUT2D eigenvalue weighted by Gasteiger charge is -2.19. The second-order valence-electron chi connectivity index (χ2n) is 3.66. The molecule has 2 atom stereocenters. The van der Waals surface area contributed by atoms with E-state index in [1.807, 2.05) is 0 Å². The highest BCUT2D eigenvalue weighted by Gasteiger charge is 2.29. The summed E-state index contributed by atoms with van der Waals surface area (Å²) in [5.41, 5.74) is 0.152. The number of phenols is 1. The molecule has 0 aliphatic heterocycles. The van der Waals surface area contributed by atoms with Gasteiger partial charge >= 0.3 is 5.97 Å². The van der Waals surface area contributed by atoms with Gasteiger partial charge < -0.3 is 24.8 Å². The van der Waals surface area contributed by atoms with Crippen LogP contribution in [0.3, 0.4) is 0 Å². The largest absolute Gasteiger partial charge is 0.503 e. The Kier molecular flexibility index (Phi) is 5.59. The van der Waals surface area contributed by atoms with Crippen LogP contribution in [0.25, 0.3) is 0 Å². The number of aromatic hydroxyl groups is 1. The number of phenolic OH excluding ortho intramolecular Hbond substituents is 1. The molecule has 6 nitrogen and oxygen atoms in total. The lowest BCUT2D eigenvalue weighted by Crippen LogP contribution is -2.30. The van der Waals surface area contributed by atoms with E-state index in [1.54, 1.807) is 6.92 Å². The molecule has 0 heterocycles. The van der Waals surface area contributed by atoms with Crippen LogP contribution in [0.1, 0.15) is 18.6 Å². The molecule has 2 unspecified atom stereocenters. The molecule has 1 rings (SSSR count). The zero-order valence-electron chi connectivity index (χ0n) is 10.5. The first-order valence-electron chi connectivity index (χ1n) is 5.52. The number of methoxy groups -OCH3 is 1. The fraction of sp³-hybridized carbons (Fsp3) is 0.417. The van der Waals surface area contributed by atoms with Crippen molar-refractivity contribution in [1.82, 2.24) is 0 Å². The highest BCUT2D eigenvalue weighted by Crippen LogP contribution is 2.39. The summed E-state index contributed by atoms with van der Waals surface area (Å²) in [5, 5.41) is 29.3. The predicted molar refractivity (Wildman–Crippen MR) is 70.0 cm³/mol. The van der Waals surface area contributed by atoms with Gasteiger partial charge in [-0.2, -0.15) is 0 Å². The van der Waals surface area contributed by atoms with Crippen molar-refractivity contribution < 1.29 is 29.6 Å². The topological polar surface area (TPSA) is 96.2 Å². The number of esters is 1. The van der Waals surface area contributed by atoms with Gasteiger partial charge in [0.15, 0.2) is 17.6 Å². The van der Waals surface area contributed by atoms with Gasteiger partial charge in [-0.05, 0) is 28.9 Å². The van der Waals surface area contributed by atoms with Crippen molar-refractivity contribution in [3.63, 3.8) is 0 Å². The van der Waals surface area contributed by atoms with Crippen LogP contribution in [0, 0.1) is 0 Å². The first kappa shape index (κ1) is 15.7. The molecule has 19 heavy (non-hydrogen) atoms. The van der Waals surface area contributed by atoms with Crippen molar-refractivity contribution in [3.05, 3.63) is 22.2 Å². The van der Waals surface area contributed by atoms with E-state index in [9.17, 15) is 20.1 Å². The maximum atomic E-state index is 11.3. The molecule has 0 aliphatic carbocycles. The van der Waals surface area contributed by atoms with Gasteiger partial charge in [-0.15, -0.1) is 0 Å². The van der Waals surface area contributed by atoms with Crippen LogP contribution in [0.2, 0.25) is 0 Å². The molecule has 0 fully saturated rings. The molecule has 0 aromatic heterocycles. The van der Waals surface area contributed by atoms with Gasteiger partial charge in [0.1, 0.15) is 6.10 Å². The van der Waals surface area contributed by atoms with E-state index < -0.39 is 18.2 Å². The van der Waals surface area contributed by atoms with Crippen molar-refractivity contribution >= 4 is 21.9 Å². The third-order valence-electron chi connectivity index (χ3n) is 2.47. The summed E-state index contributed by atoms with van der Waals surface area (Å²) >= 11 is 3.08. The van der Waals surface area contributed by atoms with Gasteiger partial charge in [0.2, 0.25) is 0 Å². The molecule has 0 spiro atoms. The fourth-order valence-electron chi connectivity index (χ4n) is 1.48. The SMILES string of the molecule is CCOC(=O)C(O)C(O)c1ccc(OC)c(O)c1Br. The number of ether oxygens (including phenoxy) is 2. The van der Waals surface area contributed by atoms with E-state index in [2.05, 4.69) is 20.7 Å². The van der Waals surface area contributed by atoms with Crippen LogP contribution in [0.5, 0.6) is 11.5 Å². The summed E-state index contributed by atoms with van der Waals surface area (Å²) in [7, 11) is 1.38. The van der Waals surface area contributed by atoms with Gasteiger partial charge in [0, 0.05) is 5.56 Å². The lowest BCUT2D eigenvalue weighted by molar-refractivity contribution is -0.159. The minimum atomic E-state index is -1.73. The second kappa shape index (κ2) is 6.74. The van der Waals surface area contributed by atoms with Crippen molar-refractivity contribution in [3.8, 4) is 11.5 Å². The van der Waals surface area contributed by atoms with Crippen LogP contribution >= 0.6 is 15.9 Å². The Hall–Kier alpha value is -1.31. The predicted octanol–water partition coefficient (Wildman–Crippen LogP) is 1.12. The lowest BCUT2D eigenvalue weighted by atomic mass is 10.0. The maximum Gasteiger partial charge on any atom is 0.338 e. The van der Waals surface area contributed by atoms with Gasteiger partial charge in [-0.25, -0.2) is 4.79 Å². The zero-order valence-corrected chi connectivity index (χ0v) is 12.0. The van der Waals surface area contributed by atoms with E-state index in [-0.39, 0.29) is 28.1 Å². The quantitative estimate of drug-likeness (QED) is 0.698. The zero-order chi connectivity index (χ0) is 14.6. The summed E-state index contributed by atoms with van der Waals surface area (Å²) in [5.74, 6) is -0.958. The molecule has 0 amide bonds. The second-order valence-corrected chi connectivity index (χ2v) is 4.45. The van der Waals surface area contributed by atoms with Crippen molar-refractivity contribution in [2.75, 3.05) is 13.7 Å². The maximum absolute atomic E-state index is 11.3. The van der Waals surface area contributed by atoms with Gasteiger partial charge in [-0.1, -0.05) is 6.07 Å².